The monoisotopic (exact) mass is 378 g/mol. The Hall–Kier alpha value is -3.12. The minimum atomic E-state index is -0.825. The van der Waals surface area contributed by atoms with Gasteiger partial charge in [-0.1, -0.05) is 49.4 Å². The summed E-state index contributed by atoms with van der Waals surface area (Å²) in [5.74, 6) is 1.89. The van der Waals surface area contributed by atoms with Crippen LogP contribution in [0.1, 0.15) is 25.3 Å². The second-order valence-corrected chi connectivity index (χ2v) is 6.49. The molecule has 2 aromatic carbocycles. The van der Waals surface area contributed by atoms with Crippen molar-refractivity contribution in [1.29, 1.82) is 0 Å². The third-order valence-corrected chi connectivity index (χ3v) is 4.40. The highest BCUT2D eigenvalue weighted by Crippen LogP contribution is 2.31. The van der Waals surface area contributed by atoms with Crippen molar-refractivity contribution in [3.8, 4) is 11.5 Å². The Morgan fingerprint density at radius 3 is 2.32 bits per heavy atom. The summed E-state index contributed by atoms with van der Waals surface area (Å²) in [6, 6.07) is 19.4. The lowest BCUT2D eigenvalue weighted by Gasteiger charge is -2.30. The van der Waals surface area contributed by atoms with Crippen LogP contribution in [0.2, 0.25) is 0 Å². The first kappa shape index (κ1) is 19.6. The fourth-order valence-electron chi connectivity index (χ4n) is 2.68. The number of hydrogen-bond donors (Lipinski definition) is 2. The molecule has 0 fully saturated rings. The quantitative estimate of drug-likeness (QED) is 0.519. The van der Waals surface area contributed by atoms with Gasteiger partial charge in [0.15, 0.2) is 17.2 Å². The molecule has 0 aliphatic carbocycles. The first-order chi connectivity index (χ1) is 13.7. The van der Waals surface area contributed by atoms with Gasteiger partial charge in [-0.3, -0.25) is 5.73 Å². The maximum absolute atomic E-state index is 6.51. The highest BCUT2D eigenvalue weighted by atomic mass is 16.5. The molecule has 1 heterocycles. The number of hydrogen-bond acceptors (Lipinski definition) is 6. The van der Waals surface area contributed by atoms with E-state index in [1.54, 1.807) is 18.5 Å². The molecule has 0 aliphatic rings. The third kappa shape index (κ3) is 5.69. The Morgan fingerprint density at radius 1 is 0.929 bits per heavy atom. The highest BCUT2D eigenvalue weighted by Gasteiger charge is 2.26. The van der Waals surface area contributed by atoms with Gasteiger partial charge in [-0.15, -0.1) is 0 Å². The van der Waals surface area contributed by atoms with Crippen molar-refractivity contribution < 1.29 is 9.47 Å². The number of rotatable bonds is 10. The molecular formula is C22H26N4O2. The van der Waals surface area contributed by atoms with E-state index in [0.29, 0.717) is 43.4 Å². The van der Waals surface area contributed by atoms with Crippen LogP contribution in [0, 0.1) is 0 Å². The van der Waals surface area contributed by atoms with E-state index < -0.39 is 5.72 Å². The molecule has 3 aromatic rings. The van der Waals surface area contributed by atoms with Crippen molar-refractivity contribution in [2.45, 2.75) is 32.1 Å². The molecule has 1 aromatic heterocycles. The summed E-state index contributed by atoms with van der Waals surface area (Å²) in [6.45, 7) is 3.08. The van der Waals surface area contributed by atoms with Gasteiger partial charge < -0.3 is 14.8 Å². The van der Waals surface area contributed by atoms with E-state index in [1.165, 1.54) is 0 Å². The second-order valence-electron chi connectivity index (χ2n) is 6.49. The van der Waals surface area contributed by atoms with Crippen molar-refractivity contribution in [3.63, 3.8) is 0 Å². The molecular weight excluding hydrogens is 352 g/mol. The molecule has 3 N–H and O–H groups in total. The van der Waals surface area contributed by atoms with E-state index in [-0.39, 0.29) is 0 Å². The van der Waals surface area contributed by atoms with E-state index in [9.17, 15) is 0 Å². The molecule has 6 heteroatoms. The fraction of sp³-hybridized carbons (Fsp3) is 0.273. The Labute approximate surface area is 165 Å². The van der Waals surface area contributed by atoms with E-state index in [4.69, 9.17) is 15.2 Å². The molecule has 0 bridgehead atoms. The predicted octanol–water partition coefficient (Wildman–Crippen LogP) is 4.00. The lowest BCUT2D eigenvalue weighted by atomic mass is 10.1. The van der Waals surface area contributed by atoms with Crippen molar-refractivity contribution in [1.82, 2.24) is 9.97 Å². The minimum Gasteiger partial charge on any atom is -0.485 e. The molecule has 0 saturated heterocycles. The van der Waals surface area contributed by atoms with Crippen molar-refractivity contribution >= 4 is 5.95 Å². The summed E-state index contributed by atoms with van der Waals surface area (Å²) in [5.41, 5.74) is 6.78. The number of para-hydroxylation sites is 2. The zero-order valence-corrected chi connectivity index (χ0v) is 16.0. The van der Waals surface area contributed by atoms with Gasteiger partial charge in [0.25, 0.3) is 0 Å². The van der Waals surface area contributed by atoms with Gasteiger partial charge in [0.2, 0.25) is 5.95 Å². The van der Waals surface area contributed by atoms with E-state index >= 15 is 0 Å². The molecule has 0 spiro atoms. The van der Waals surface area contributed by atoms with Crippen molar-refractivity contribution in [2.75, 3.05) is 11.9 Å². The zero-order chi connectivity index (χ0) is 19.7. The van der Waals surface area contributed by atoms with E-state index in [2.05, 4.69) is 15.3 Å². The van der Waals surface area contributed by atoms with Crippen LogP contribution in [0.4, 0.5) is 5.95 Å². The summed E-state index contributed by atoms with van der Waals surface area (Å²) < 4.78 is 12.2. The first-order valence-corrected chi connectivity index (χ1v) is 9.43. The van der Waals surface area contributed by atoms with Gasteiger partial charge in [0, 0.05) is 25.4 Å². The number of nitrogens with zero attached hydrogens (tertiary/aromatic N) is 2. The topological polar surface area (TPSA) is 82.3 Å². The number of nitrogens with two attached hydrogens (primary N) is 1. The van der Waals surface area contributed by atoms with Crippen LogP contribution >= 0.6 is 0 Å². The SMILES string of the molecule is CCC(N)(CCNc1ncccn1)Oc1ccccc1OCc1ccccc1. The molecule has 6 nitrogen and oxygen atoms in total. The van der Waals surface area contributed by atoms with Crippen LogP contribution in [0.15, 0.2) is 73.1 Å². The highest BCUT2D eigenvalue weighted by molar-refractivity contribution is 5.40. The average molecular weight is 378 g/mol. The van der Waals surface area contributed by atoms with Crippen LogP contribution in [0.25, 0.3) is 0 Å². The van der Waals surface area contributed by atoms with E-state index in [0.717, 1.165) is 5.56 Å². The lowest BCUT2D eigenvalue weighted by molar-refractivity contribution is 0.0610. The van der Waals surface area contributed by atoms with Crippen LogP contribution < -0.4 is 20.5 Å². The van der Waals surface area contributed by atoms with Gasteiger partial charge in [-0.2, -0.15) is 0 Å². The van der Waals surface area contributed by atoms with E-state index in [1.807, 2.05) is 61.5 Å². The fourth-order valence-corrected chi connectivity index (χ4v) is 2.68. The average Bonchev–Trinajstić information content (AvgIpc) is 2.75. The largest absolute Gasteiger partial charge is 0.485 e. The van der Waals surface area contributed by atoms with Gasteiger partial charge in [-0.05, 0) is 30.2 Å². The first-order valence-electron chi connectivity index (χ1n) is 9.43. The third-order valence-electron chi connectivity index (χ3n) is 4.40. The molecule has 0 radical (unpaired) electrons. The van der Waals surface area contributed by atoms with Crippen LogP contribution in [-0.2, 0) is 6.61 Å². The molecule has 1 unspecified atom stereocenters. The summed E-state index contributed by atoms with van der Waals surface area (Å²) in [7, 11) is 0. The van der Waals surface area contributed by atoms with Crippen molar-refractivity contribution in [2.24, 2.45) is 5.73 Å². The predicted molar refractivity (Wildman–Crippen MR) is 110 cm³/mol. The van der Waals surface area contributed by atoms with Gasteiger partial charge >= 0.3 is 0 Å². The standard InChI is InChI=1S/C22H26N4O2/c1-2-22(23,13-16-26-21-24-14-8-15-25-21)28-20-12-7-6-11-19(20)27-17-18-9-4-3-5-10-18/h3-12,14-15H,2,13,16-17,23H2,1H3,(H,24,25,26). The summed E-state index contributed by atoms with van der Waals surface area (Å²) in [5, 5.41) is 3.17. The Morgan fingerprint density at radius 2 is 1.61 bits per heavy atom. The van der Waals surface area contributed by atoms with Crippen LogP contribution in [-0.4, -0.2) is 22.2 Å². The Kier molecular flexibility index (Phi) is 6.81. The summed E-state index contributed by atoms with van der Waals surface area (Å²) in [6.07, 6.45) is 4.63. The smallest absolute Gasteiger partial charge is 0.222 e. The molecule has 3 rings (SSSR count). The molecule has 0 aliphatic heterocycles. The van der Waals surface area contributed by atoms with Crippen LogP contribution in [0.3, 0.4) is 0 Å². The normalized spacial score (nSPS) is 12.8. The zero-order valence-electron chi connectivity index (χ0n) is 16.0. The number of ether oxygens (including phenoxy) is 2. The number of aromatic nitrogens is 2. The second kappa shape index (κ2) is 9.71. The van der Waals surface area contributed by atoms with Gasteiger partial charge in [0.1, 0.15) is 6.61 Å². The van der Waals surface area contributed by atoms with Crippen LogP contribution in [0.5, 0.6) is 11.5 Å². The molecule has 146 valence electrons. The van der Waals surface area contributed by atoms with Gasteiger partial charge in [0.05, 0.1) is 0 Å². The van der Waals surface area contributed by atoms with Crippen molar-refractivity contribution in [3.05, 3.63) is 78.6 Å². The number of nitrogens with one attached hydrogen (secondary N) is 1. The summed E-state index contributed by atoms with van der Waals surface area (Å²) in [4.78, 5) is 8.30. The Balaban J connectivity index is 1.61. The lowest BCUT2D eigenvalue weighted by Crippen LogP contribution is -2.46. The number of benzene rings is 2. The maximum Gasteiger partial charge on any atom is 0.222 e. The minimum absolute atomic E-state index is 0.470. The number of anilines is 1. The Bertz CT molecular complexity index is 845. The molecule has 28 heavy (non-hydrogen) atoms. The molecule has 0 saturated carbocycles. The molecule has 0 amide bonds. The molecule has 1 atom stereocenters. The van der Waals surface area contributed by atoms with Gasteiger partial charge in [-0.25, -0.2) is 9.97 Å². The maximum atomic E-state index is 6.51. The summed E-state index contributed by atoms with van der Waals surface area (Å²) >= 11 is 0.